The van der Waals surface area contributed by atoms with E-state index < -0.39 is 36.1 Å². The Morgan fingerprint density at radius 1 is 0.359 bits per heavy atom. The fourth-order valence-electron chi connectivity index (χ4n) is 15.1. The third-order valence-corrected chi connectivity index (χ3v) is 21.9. The highest BCUT2D eigenvalue weighted by molar-refractivity contribution is 7.11. The highest BCUT2D eigenvalue weighted by Crippen LogP contribution is 2.63. The van der Waals surface area contributed by atoms with Crippen molar-refractivity contribution in [3.8, 4) is 33.6 Å². The maximum atomic E-state index is 9.10. The van der Waals surface area contributed by atoms with Gasteiger partial charge in [0.1, 0.15) is 7.85 Å². The van der Waals surface area contributed by atoms with Gasteiger partial charge in [0.05, 0.1) is 77.9 Å². The number of halogens is 1. The highest BCUT2D eigenvalue weighted by atomic mass is 35.5. The van der Waals surface area contributed by atoms with Crippen molar-refractivity contribution in [3.63, 3.8) is 0 Å². The van der Waals surface area contributed by atoms with E-state index in [-0.39, 0.29) is 22.4 Å². The standard InChI is InChI=1S/C31H18BN.C31H18ClN.C12H24B2O4.C6H14O2/c2*32-19-16-17-21-20-8-1-3-11-24(20)31(27(21)18-19)25-12-4-6-15-29(25)33-28-14-5-2-9-22(28)23-10-7-13-26(31)30(23)33;1-9(2)10(3,4)16-13(15-9)14-17-11(5,6)12(7,8)18-14;1-5(2,7)6(3,4)8/h2*1-18H;1-8H3;7-8H,1-4H3. The average molecular weight is 1230 g/mol. The topological polar surface area (TPSA) is 87.2 Å². The van der Waals surface area contributed by atoms with Crippen LogP contribution in [0.4, 0.5) is 0 Å². The first kappa shape index (κ1) is 60.3. The van der Waals surface area contributed by atoms with Gasteiger partial charge in [0.25, 0.3) is 0 Å². The lowest BCUT2D eigenvalue weighted by atomic mass is 9.49. The fourth-order valence-corrected chi connectivity index (χ4v) is 15.3. The third-order valence-electron chi connectivity index (χ3n) is 21.6. The summed E-state index contributed by atoms with van der Waals surface area (Å²) >= 11 is 6.66. The van der Waals surface area contributed by atoms with E-state index in [1.54, 1.807) is 27.7 Å². The second kappa shape index (κ2) is 20.8. The summed E-state index contributed by atoms with van der Waals surface area (Å²) in [5, 5.41) is 24.2. The zero-order valence-electron chi connectivity index (χ0n) is 54.3. The van der Waals surface area contributed by atoms with E-state index in [1.165, 1.54) is 122 Å². The van der Waals surface area contributed by atoms with Crippen LogP contribution in [0, 0.1) is 0 Å². The molecule has 2 fully saturated rings. The van der Waals surface area contributed by atoms with Gasteiger partial charge in [-0.25, -0.2) is 0 Å². The molecule has 2 saturated heterocycles. The molecule has 4 aliphatic heterocycles. The van der Waals surface area contributed by atoms with Crippen LogP contribution in [0.5, 0.6) is 0 Å². The van der Waals surface area contributed by atoms with Crippen LogP contribution < -0.4 is 5.46 Å². The summed E-state index contributed by atoms with van der Waals surface area (Å²) in [6, 6.07) is 79.5. The van der Waals surface area contributed by atoms with Crippen LogP contribution in [0.25, 0.3) is 77.2 Å². The lowest BCUT2D eigenvalue weighted by molar-refractivity contribution is -0.107. The first-order valence-electron chi connectivity index (χ1n) is 32.0. The molecule has 0 bridgehead atoms. The van der Waals surface area contributed by atoms with Crippen LogP contribution in [0.15, 0.2) is 218 Å². The molecular formula is C80H74B3ClN2O6. The number of para-hydroxylation sites is 6. The molecule has 12 aromatic rings. The monoisotopic (exact) mass is 1230 g/mol. The number of nitrogens with zero attached hydrogens (tertiary/aromatic N) is 2. The van der Waals surface area contributed by atoms with E-state index in [4.69, 9.17) is 48.3 Å². The Balaban J connectivity index is 0.000000112. The summed E-state index contributed by atoms with van der Waals surface area (Å²) in [6.07, 6.45) is 0. The van der Waals surface area contributed by atoms with E-state index in [1.807, 2.05) is 67.5 Å². The molecule has 2 aliphatic carbocycles. The van der Waals surface area contributed by atoms with Crippen LogP contribution in [0.1, 0.15) is 128 Å². The van der Waals surface area contributed by atoms with Crippen molar-refractivity contribution in [3.05, 3.63) is 268 Å². The first-order valence-corrected chi connectivity index (χ1v) is 32.4. The Morgan fingerprint density at radius 3 is 1.11 bits per heavy atom. The average Bonchev–Trinajstić information content (AvgIpc) is 1.48. The molecule has 12 heteroatoms. The molecule has 18 rings (SSSR count). The molecule has 456 valence electrons. The van der Waals surface area contributed by atoms with Crippen LogP contribution in [-0.4, -0.2) is 74.8 Å². The molecule has 0 amide bonds. The molecule has 2 radical (unpaired) electrons. The maximum Gasteiger partial charge on any atom is 0.488 e. The zero-order chi connectivity index (χ0) is 64.5. The Labute approximate surface area is 546 Å². The minimum absolute atomic E-state index is 0.360. The van der Waals surface area contributed by atoms with Gasteiger partial charge in [-0.15, -0.1) is 0 Å². The summed E-state index contributed by atoms with van der Waals surface area (Å²) in [7, 11) is 5.47. The number of benzene rings is 10. The van der Waals surface area contributed by atoms with Crippen molar-refractivity contribution >= 4 is 82.5 Å². The smallest absolute Gasteiger partial charge is 0.405 e. The lowest BCUT2D eigenvalue weighted by Crippen LogP contribution is -2.44. The van der Waals surface area contributed by atoms with Gasteiger partial charge < -0.3 is 38.0 Å². The number of rotatable bonds is 2. The molecule has 8 nitrogen and oxygen atoms in total. The van der Waals surface area contributed by atoms with Crippen molar-refractivity contribution in [2.45, 2.75) is 128 Å². The maximum absolute atomic E-state index is 9.10. The normalized spacial score (nSPS) is 19.9. The van der Waals surface area contributed by atoms with Crippen LogP contribution >= 0.6 is 11.6 Å². The minimum atomic E-state index is -1.01. The Kier molecular flexibility index (Phi) is 13.6. The molecule has 2 unspecified atom stereocenters. The Bertz CT molecular complexity index is 4670. The van der Waals surface area contributed by atoms with E-state index in [9.17, 15) is 0 Å². The van der Waals surface area contributed by atoms with E-state index in [0.717, 1.165) is 10.5 Å². The summed E-state index contributed by atoms with van der Waals surface area (Å²) < 4.78 is 28.8. The van der Waals surface area contributed by atoms with E-state index in [2.05, 4.69) is 215 Å². The Morgan fingerprint density at radius 2 is 0.685 bits per heavy atom. The fraction of sp³-hybridized carbons (Fsp3) is 0.250. The van der Waals surface area contributed by atoms with Crippen LogP contribution in [-0.2, 0) is 29.4 Å². The van der Waals surface area contributed by atoms with E-state index >= 15 is 0 Å². The van der Waals surface area contributed by atoms with Gasteiger partial charge in [0.15, 0.2) is 0 Å². The van der Waals surface area contributed by atoms with Crippen molar-refractivity contribution in [1.29, 1.82) is 0 Å². The van der Waals surface area contributed by atoms with Gasteiger partial charge >= 0.3 is 14.0 Å². The van der Waals surface area contributed by atoms with Crippen molar-refractivity contribution in [1.82, 2.24) is 9.13 Å². The quantitative estimate of drug-likeness (QED) is 0.168. The molecule has 6 heterocycles. The lowest BCUT2D eigenvalue weighted by Gasteiger charge is -2.39. The molecular weight excluding hydrogens is 1150 g/mol. The number of fused-ring (bicyclic) bond motifs is 24. The van der Waals surface area contributed by atoms with Gasteiger partial charge in [-0.1, -0.05) is 199 Å². The molecule has 2 N–H and O–H groups in total. The Hall–Kier alpha value is -7.96. The second-order valence-corrected chi connectivity index (χ2v) is 29.0. The number of hydrogen-bond donors (Lipinski definition) is 2. The number of aromatic nitrogens is 2. The van der Waals surface area contributed by atoms with Gasteiger partial charge in [-0.2, -0.15) is 0 Å². The van der Waals surface area contributed by atoms with Gasteiger partial charge in [-0.3, -0.25) is 0 Å². The molecule has 10 aromatic carbocycles. The predicted molar refractivity (Wildman–Crippen MR) is 378 cm³/mol. The highest BCUT2D eigenvalue weighted by Gasteiger charge is 2.64. The van der Waals surface area contributed by atoms with Crippen molar-refractivity contribution < 1.29 is 28.8 Å². The van der Waals surface area contributed by atoms with Crippen molar-refractivity contribution in [2.75, 3.05) is 0 Å². The molecule has 2 atom stereocenters. The largest absolute Gasteiger partial charge is 0.488 e. The zero-order valence-corrected chi connectivity index (χ0v) is 55.1. The SMILES string of the molecule is CC(C)(O)C(C)(C)O.CC1(C)OB(B2OC(C)(C)C(C)(C)O2)OC1(C)C.Clc1ccc2c(c1)C1(c3ccccc3-2)c2ccccc2-n2c3ccccc3c3cccc1c32.[B]c1ccc2c(c1)C1(c3ccccc3-2)c2ccccc2-n2c3ccccc3c3cccc1c32. The third kappa shape index (κ3) is 8.55. The molecule has 6 aliphatic rings. The van der Waals surface area contributed by atoms with Crippen LogP contribution in [0.2, 0.25) is 5.02 Å². The van der Waals surface area contributed by atoms with Gasteiger partial charge in [-0.05, 0) is 186 Å². The minimum Gasteiger partial charge on any atom is -0.405 e. The second-order valence-electron chi connectivity index (χ2n) is 28.6. The summed E-state index contributed by atoms with van der Waals surface area (Å²) in [4.78, 5) is 0. The number of aliphatic hydroxyl groups is 2. The van der Waals surface area contributed by atoms with Crippen LogP contribution in [0.3, 0.4) is 0 Å². The molecule has 0 saturated carbocycles. The number of hydrogen-bond acceptors (Lipinski definition) is 6. The van der Waals surface area contributed by atoms with Gasteiger partial charge in [0.2, 0.25) is 0 Å². The molecule has 92 heavy (non-hydrogen) atoms. The predicted octanol–water partition coefficient (Wildman–Crippen LogP) is 17.1. The summed E-state index contributed by atoms with van der Waals surface area (Å²) in [5.41, 5.74) is 19.7. The molecule has 2 spiro atoms. The summed E-state index contributed by atoms with van der Waals surface area (Å²) in [5.74, 6) is 0. The first-order chi connectivity index (χ1) is 43.7. The molecule has 2 aromatic heterocycles. The summed E-state index contributed by atoms with van der Waals surface area (Å²) in [6.45, 7) is 22.5. The van der Waals surface area contributed by atoms with Gasteiger partial charge in [0, 0.05) is 26.6 Å². The van der Waals surface area contributed by atoms with E-state index in [0.29, 0.717) is 0 Å². The van der Waals surface area contributed by atoms with Crippen molar-refractivity contribution in [2.24, 2.45) is 0 Å².